The molecule has 0 aliphatic carbocycles. The summed E-state index contributed by atoms with van der Waals surface area (Å²) in [6.45, 7) is 0. The Morgan fingerprint density at radius 3 is 3.00 bits per heavy atom. The molecule has 3 rings (SSSR count). The SMILES string of the molecule is Cn1ccc(Nc2nc3ccc(N)cc3o2)n1. The predicted octanol–water partition coefficient (Wildman–Crippen LogP) is 1.89. The second-order valence-electron chi connectivity index (χ2n) is 3.75. The summed E-state index contributed by atoms with van der Waals surface area (Å²) in [5.74, 6) is 0.687. The lowest BCUT2D eigenvalue weighted by Gasteiger charge is -1.94. The van der Waals surface area contributed by atoms with Crippen LogP contribution in [0.15, 0.2) is 34.9 Å². The zero-order chi connectivity index (χ0) is 11.8. The minimum Gasteiger partial charge on any atom is -0.423 e. The van der Waals surface area contributed by atoms with Crippen LogP contribution in [0.1, 0.15) is 0 Å². The molecule has 0 aliphatic rings. The summed E-state index contributed by atoms with van der Waals surface area (Å²) in [4.78, 5) is 4.28. The topological polar surface area (TPSA) is 81.9 Å². The van der Waals surface area contributed by atoms with Gasteiger partial charge in [0.2, 0.25) is 0 Å². The summed E-state index contributed by atoms with van der Waals surface area (Å²) in [6, 6.07) is 7.59. The molecular weight excluding hydrogens is 218 g/mol. The average Bonchev–Trinajstić information content (AvgIpc) is 2.84. The second kappa shape index (κ2) is 3.51. The van der Waals surface area contributed by atoms with Gasteiger partial charge in [0, 0.05) is 31.1 Å². The Bertz CT molecular complexity index is 669. The maximum absolute atomic E-state index is 5.67. The van der Waals surface area contributed by atoms with E-state index in [0.717, 1.165) is 5.52 Å². The first kappa shape index (κ1) is 9.71. The molecule has 2 aromatic heterocycles. The van der Waals surface area contributed by atoms with Crippen LogP contribution in [0.3, 0.4) is 0 Å². The Kier molecular flexibility index (Phi) is 2.01. The lowest BCUT2D eigenvalue weighted by atomic mass is 10.3. The normalized spacial score (nSPS) is 10.9. The quantitative estimate of drug-likeness (QED) is 0.656. The van der Waals surface area contributed by atoms with E-state index in [9.17, 15) is 0 Å². The zero-order valence-electron chi connectivity index (χ0n) is 9.21. The molecule has 2 heterocycles. The average molecular weight is 229 g/mol. The van der Waals surface area contributed by atoms with Crippen LogP contribution in [-0.4, -0.2) is 14.8 Å². The zero-order valence-corrected chi connectivity index (χ0v) is 9.21. The van der Waals surface area contributed by atoms with Crippen molar-refractivity contribution in [2.45, 2.75) is 0 Å². The molecule has 0 atom stereocenters. The highest BCUT2D eigenvalue weighted by Crippen LogP contribution is 2.22. The first-order chi connectivity index (χ1) is 8.20. The third-order valence-corrected chi connectivity index (χ3v) is 2.36. The number of anilines is 3. The van der Waals surface area contributed by atoms with Crippen molar-refractivity contribution in [2.24, 2.45) is 7.05 Å². The summed E-state index contributed by atoms with van der Waals surface area (Å²) in [7, 11) is 1.85. The molecule has 0 spiro atoms. The Labute approximate surface area is 97.0 Å². The standard InChI is InChI=1S/C11H11N5O/c1-16-5-4-10(15-16)14-11-13-8-3-2-7(12)6-9(8)17-11/h2-6H,12H2,1H3,(H,13,14,15). The van der Waals surface area contributed by atoms with Crippen LogP contribution in [0.25, 0.3) is 11.1 Å². The van der Waals surface area contributed by atoms with E-state index in [1.807, 2.05) is 25.4 Å². The maximum Gasteiger partial charge on any atom is 0.301 e. The van der Waals surface area contributed by atoms with Gasteiger partial charge in [-0.1, -0.05) is 0 Å². The van der Waals surface area contributed by atoms with Crippen LogP contribution in [0.4, 0.5) is 17.5 Å². The van der Waals surface area contributed by atoms with Gasteiger partial charge in [-0.05, 0) is 12.1 Å². The Balaban J connectivity index is 1.95. The summed E-state index contributed by atoms with van der Waals surface area (Å²) >= 11 is 0. The molecule has 3 N–H and O–H groups in total. The van der Waals surface area contributed by atoms with E-state index in [0.29, 0.717) is 23.1 Å². The van der Waals surface area contributed by atoms with E-state index in [-0.39, 0.29) is 0 Å². The molecule has 0 amide bonds. The number of aromatic nitrogens is 3. The van der Waals surface area contributed by atoms with Gasteiger partial charge in [-0.2, -0.15) is 10.1 Å². The number of nitrogens with two attached hydrogens (primary N) is 1. The van der Waals surface area contributed by atoms with Crippen molar-refractivity contribution in [1.29, 1.82) is 0 Å². The van der Waals surface area contributed by atoms with Crippen LogP contribution < -0.4 is 11.1 Å². The van der Waals surface area contributed by atoms with Crippen molar-refractivity contribution >= 4 is 28.6 Å². The largest absolute Gasteiger partial charge is 0.423 e. The Morgan fingerprint density at radius 1 is 1.35 bits per heavy atom. The van der Waals surface area contributed by atoms with Gasteiger partial charge in [0.05, 0.1) is 0 Å². The molecule has 0 bridgehead atoms. The Morgan fingerprint density at radius 2 is 2.24 bits per heavy atom. The number of nitrogens with zero attached hydrogens (tertiary/aromatic N) is 3. The lowest BCUT2D eigenvalue weighted by molar-refractivity contribution is 0.622. The van der Waals surface area contributed by atoms with E-state index in [4.69, 9.17) is 10.2 Å². The highest BCUT2D eigenvalue weighted by Gasteiger charge is 2.07. The molecular formula is C11H11N5O. The number of hydrogen-bond donors (Lipinski definition) is 2. The van der Waals surface area contributed by atoms with E-state index >= 15 is 0 Å². The van der Waals surface area contributed by atoms with Gasteiger partial charge < -0.3 is 10.2 Å². The highest BCUT2D eigenvalue weighted by atomic mass is 16.4. The van der Waals surface area contributed by atoms with Crippen molar-refractivity contribution < 1.29 is 4.42 Å². The van der Waals surface area contributed by atoms with Crippen molar-refractivity contribution in [1.82, 2.24) is 14.8 Å². The molecule has 0 radical (unpaired) electrons. The molecule has 3 aromatic rings. The van der Waals surface area contributed by atoms with E-state index in [2.05, 4.69) is 15.4 Å². The van der Waals surface area contributed by atoms with E-state index < -0.39 is 0 Å². The molecule has 86 valence electrons. The first-order valence-corrected chi connectivity index (χ1v) is 5.13. The van der Waals surface area contributed by atoms with Crippen molar-refractivity contribution in [3.8, 4) is 0 Å². The number of nitrogens with one attached hydrogen (secondary N) is 1. The predicted molar refractivity (Wildman–Crippen MR) is 64.9 cm³/mol. The van der Waals surface area contributed by atoms with Gasteiger partial charge in [0.15, 0.2) is 11.4 Å². The van der Waals surface area contributed by atoms with Gasteiger partial charge in [0.25, 0.3) is 0 Å². The van der Waals surface area contributed by atoms with Crippen LogP contribution in [0, 0.1) is 0 Å². The fourth-order valence-corrected chi connectivity index (χ4v) is 1.59. The van der Waals surface area contributed by atoms with Crippen molar-refractivity contribution in [2.75, 3.05) is 11.1 Å². The van der Waals surface area contributed by atoms with Crippen LogP contribution >= 0.6 is 0 Å². The Hall–Kier alpha value is -2.50. The molecule has 0 unspecified atom stereocenters. The number of aryl methyl sites for hydroxylation is 1. The number of benzene rings is 1. The lowest BCUT2D eigenvalue weighted by Crippen LogP contribution is -1.93. The van der Waals surface area contributed by atoms with Crippen LogP contribution in [0.2, 0.25) is 0 Å². The fourth-order valence-electron chi connectivity index (χ4n) is 1.59. The molecule has 6 nitrogen and oxygen atoms in total. The monoisotopic (exact) mass is 229 g/mol. The second-order valence-corrected chi connectivity index (χ2v) is 3.75. The molecule has 0 saturated carbocycles. The molecule has 0 saturated heterocycles. The maximum atomic E-state index is 5.67. The third kappa shape index (κ3) is 1.80. The number of oxazole rings is 1. The first-order valence-electron chi connectivity index (χ1n) is 5.13. The van der Waals surface area contributed by atoms with Crippen LogP contribution in [-0.2, 0) is 7.05 Å². The summed E-state index contributed by atoms with van der Waals surface area (Å²) in [5.41, 5.74) is 7.73. The summed E-state index contributed by atoms with van der Waals surface area (Å²) in [5, 5.41) is 7.16. The van der Waals surface area contributed by atoms with E-state index in [1.54, 1.807) is 16.8 Å². The van der Waals surface area contributed by atoms with Gasteiger partial charge >= 0.3 is 6.01 Å². The summed E-state index contributed by atoms with van der Waals surface area (Å²) < 4.78 is 7.21. The summed E-state index contributed by atoms with van der Waals surface area (Å²) in [6.07, 6.45) is 1.84. The molecule has 6 heteroatoms. The van der Waals surface area contributed by atoms with Gasteiger partial charge in [-0.15, -0.1) is 0 Å². The minimum atomic E-state index is 0.407. The van der Waals surface area contributed by atoms with Crippen molar-refractivity contribution in [3.05, 3.63) is 30.5 Å². The molecule has 17 heavy (non-hydrogen) atoms. The van der Waals surface area contributed by atoms with Crippen LogP contribution in [0.5, 0.6) is 0 Å². The molecule has 0 aliphatic heterocycles. The van der Waals surface area contributed by atoms with Gasteiger partial charge in [0.1, 0.15) is 5.52 Å². The third-order valence-electron chi connectivity index (χ3n) is 2.36. The smallest absolute Gasteiger partial charge is 0.301 e. The fraction of sp³-hybridized carbons (Fsp3) is 0.0909. The van der Waals surface area contributed by atoms with Gasteiger partial charge in [-0.25, -0.2) is 0 Å². The number of hydrogen-bond acceptors (Lipinski definition) is 5. The molecule has 0 fully saturated rings. The molecule has 1 aromatic carbocycles. The van der Waals surface area contributed by atoms with Crippen molar-refractivity contribution in [3.63, 3.8) is 0 Å². The minimum absolute atomic E-state index is 0.407. The number of fused-ring (bicyclic) bond motifs is 1. The number of nitrogen functional groups attached to an aromatic ring is 1. The van der Waals surface area contributed by atoms with E-state index in [1.165, 1.54) is 0 Å². The van der Waals surface area contributed by atoms with Gasteiger partial charge in [-0.3, -0.25) is 10.00 Å². The number of rotatable bonds is 2. The highest BCUT2D eigenvalue weighted by molar-refractivity contribution is 5.78.